The van der Waals surface area contributed by atoms with Crippen LogP contribution in [-0.2, 0) is 14.3 Å². The van der Waals surface area contributed by atoms with Crippen LogP contribution in [0.1, 0.15) is 32.6 Å². The van der Waals surface area contributed by atoms with E-state index >= 15 is 0 Å². The zero-order chi connectivity index (χ0) is 13.5. The second-order valence-electron chi connectivity index (χ2n) is 5.15. The van der Waals surface area contributed by atoms with Crippen LogP contribution in [0.15, 0.2) is 0 Å². The van der Waals surface area contributed by atoms with E-state index in [0.29, 0.717) is 25.4 Å². The van der Waals surface area contributed by atoms with Gasteiger partial charge in [0.1, 0.15) is 0 Å². The van der Waals surface area contributed by atoms with Crippen LogP contribution in [0.2, 0.25) is 0 Å². The second-order valence-corrected chi connectivity index (χ2v) is 5.15. The highest BCUT2D eigenvalue weighted by Gasteiger charge is 2.23. The molecule has 104 valence electrons. The number of carbonyl (C=O) groups is 2. The first-order valence-corrected chi connectivity index (χ1v) is 6.60. The molecule has 5 heteroatoms. The van der Waals surface area contributed by atoms with E-state index < -0.39 is 0 Å². The maximum absolute atomic E-state index is 12.0. The number of rotatable bonds is 6. The van der Waals surface area contributed by atoms with E-state index in [4.69, 9.17) is 10.5 Å². The SMILES string of the molecule is COC[C@H]1CCCN(C(=O)CCC(C)C(N)=O)C1. The number of primary amides is 1. The van der Waals surface area contributed by atoms with Gasteiger partial charge in [0.2, 0.25) is 11.8 Å². The lowest BCUT2D eigenvalue weighted by atomic mass is 9.98. The summed E-state index contributed by atoms with van der Waals surface area (Å²) < 4.78 is 5.14. The Balaban J connectivity index is 2.34. The van der Waals surface area contributed by atoms with Crippen molar-refractivity contribution in [2.75, 3.05) is 26.8 Å². The van der Waals surface area contributed by atoms with Gasteiger partial charge in [-0.1, -0.05) is 6.92 Å². The van der Waals surface area contributed by atoms with E-state index in [2.05, 4.69) is 0 Å². The molecule has 1 saturated heterocycles. The normalized spacial score (nSPS) is 21.7. The molecular formula is C13H24N2O3. The average Bonchev–Trinajstić information content (AvgIpc) is 2.36. The molecule has 1 aliphatic heterocycles. The van der Waals surface area contributed by atoms with Gasteiger partial charge in [-0.15, -0.1) is 0 Å². The van der Waals surface area contributed by atoms with Gasteiger partial charge in [-0.25, -0.2) is 0 Å². The first kappa shape index (κ1) is 15.0. The largest absolute Gasteiger partial charge is 0.384 e. The highest BCUT2D eigenvalue weighted by Crippen LogP contribution is 2.18. The lowest BCUT2D eigenvalue weighted by molar-refractivity contribution is -0.133. The maximum Gasteiger partial charge on any atom is 0.222 e. The zero-order valence-corrected chi connectivity index (χ0v) is 11.4. The fourth-order valence-electron chi connectivity index (χ4n) is 2.30. The first-order valence-electron chi connectivity index (χ1n) is 6.60. The highest BCUT2D eigenvalue weighted by atomic mass is 16.5. The van der Waals surface area contributed by atoms with E-state index in [9.17, 15) is 9.59 Å². The average molecular weight is 256 g/mol. The van der Waals surface area contributed by atoms with Gasteiger partial charge in [0.15, 0.2) is 0 Å². The molecule has 2 atom stereocenters. The van der Waals surface area contributed by atoms with Crippen LogP contribution in [0.3, 0.4) is 0 Å². The van der Waals surface area contributed by atoms with Gasteiger partial charge in [0.05, 0.1) is 6.61 Å². The quantitative estimate of drug-likeness (QED) is 0.763. The Morgan fingerprint density at radius 1 is 1.50 bits per heavy atom. The van der Waals surface area contributed by atoms with Crippen LogP contribution >= 0.6 is 0 Å². The van der Waals surface area contributed by atoms with E-state index in [0.717, 1.165) is 25.9 Å². The predicted molar refractivity (Wildman–Crippen MR) is 68.8 cm³/mol. The number of nitrogens with two attached hydrogens (primary N) is 1. The molecule has 2 N–H and O–H groups in total. The van der Waals surface area contributed by atoms with Gasteiger partial charge in [0, 0.05) is 32.5 Å². The van der Waals surface area contributed by atoms with Crippen molar-refractivity contribution in [3.05, 3.63) is 0 Å². The molecule has 0 aromatic rings. The summed E-state index contributed by atoms with van der Waals surface area (Å²) in [5.74, 6) is 0.0115. The molecule has 0 saturated carbocycles. The Bertz CT molecular complexity index is 292. The van der Waals surface area contributed by atoms with Crippen molar-refractivity contribution in [1.82, 2.24) is 4.90 Å². The van der Waals surface area contributed by atoms with Crippen molar-refractivity contribution in [2.45, 2.75) is 32.6 Å². The lowest BCUT2D eigenvalue weighted by Crippen LogP contribution is -2.41. The summed E-state index contributed by atoms with van der Waals surface area (Å²) in [6.45, 7) is 4.07. The van der Waals surface area contributed by atoms with Crippen LogP contribution in [0.25, 0.3) is 0 Å². The van der Waals surface area contributed by atoms with Crippen LogP contribution in [-0.4, -0.2) is 43.5 Å². The highest BCUT2D eigenvalue weighted by molar-refractivity contribution is 5.79. The molecular weight excluding hydrogens is 232 g/mol. The second kappa shape index (κ2) is 7.36. The molecule has 1 rings (SSSR count). The Morgan fingerprint density at radius 2 is 2.22 bits per heavy atom. The molecule has 1 unspecified atom stereocenters. The number of hydrogen-bond acceptors (Lipinski definition) is 3. The molecule has 2 amide bonds. The molecule has 1 fully saturated rings. The standard InChI is InChI=1S/C13H24N2O3/c1-10(13(14)17)5-6-12(16)15-7-3-4-11(8-15)9-18-2/h10-11H,3-9H2,1-2H3,(H2,14,17)/t10?,11-/m0/s1. The van der Waals surface area contributed by atoms with Crippen molar-refractivity contribution in [2.24, 2.45) is 17.6 Å². The minimum atomic E-state index is -0.335. The van der Waals surface area contributed by atoms with Crippen molar-refractivity contribution in [3.63, 3.8) is 0 Å². The number of amides is 2. The lowest BCUT2D eigenvalue weighted by Gasteiger charge is -2.32. The molecule has 1 heterocycles. The number of ether oxygens (including phenoxy) is 1. The smallest absolute Gasteiger partial charge is 0.222 e. The number of hydrogen-bond donors (Lipinski definition) is 1. The molecule has 0 aromatic carbocycles. The third-order valence-corrected chi connectivity index (χ3v) is 3.55. The summed E-state index contributed by atoms with van der Waals surface area (Å²) in [5.41, 5.74) is 5.18. The van der Waals surface area contributed by atoms with Gasteiger partial charge in [-0.3, -0.25) is 9.59 Å². The minimum Gasteiger partial charge on any atom is -0.384 e. The fourth-order valence-corrected chi connectivity index (χ4v) is 2.30. The Morgan fingerprint density at radius 3 is 2.83 bits per heavy atom. The van der Waals surface area contributed by atoms with Crippen LogP contribution in [0.5, 0.6) is 0 Å². The molecule has 0 spiro atoms. The summed E-state index contributed by atoms with van der Waals surface area (Å²) in [6.07, 6.45) is 3.10. The minimum absolute atomic E-state index is 0.129. The molecule has 5 nitrogen and oxygen atoms in total. The van der Waals surface area contributed by atoms with E-state index in [1.54, 1.807) is 14.0 Å². The van der Waals surface area contributed by atoms with Gasteiger partial charge in [0.25, 0.3) is 0 Å². The fraction of sp³-hybridized carbons (Fsp3) is 0.846. The van der Waals surface area contributed by atoms with Crippen molar-refractivity contribution >= 4 is 11.8 Å². The van der Waals surface area contributed by atoms with E-state index in [-0.39, 0.29) is 17.7 Å². The monoisotopic (exact) mass is 256 g/mol. The van der Waals surface area contributed by atoms with Crippen molar-refractivity contribution in [1.29, 1.82) is 0 Å². The summed E-state index contributed by atoms with van der Waals surface area (Å²) in [7, 11) is 1.69. The van der Waals surface area contributed by atoms with Crippen molar-refractivity contribution in [3.8, 4) is 0 Å². The zero-order valence-electron chi connectivity index (χ0n) is 11.4. The van der Waals surface area contributed by atoms with Crippen LogP contribution in [0.4, 0.5) is 0 Å². The number of carbonyl (C=O) groups excluding carboxylic acids is 2. The molecule has 18 heavy (non-hydrogen) atoms. The van der Waals surface area contributed by atoms with E-state index in [1.807, 2.05) is 4.90 Å². The molecule has 0 radical (unpaired) electrons. The van der Waals surface area contributed by atoms with Crippen LogP contribution < -0.4 is 5.73 Å². The summed E-state index contributed by atoms with van der Waals surface area (Å²) >= 11 is 0. The molecule has 0 aromatic heterocycles. The third kappa shape index (κ3) is 4.64. The first-order chi connectivity index (χ1) is 8.54. The topological polar surface area (TPSA) is 72.6 Å². The Labute approximate surface area is 109 Å². The Kier molecular flexibility index (Phi) is 6.12. The summed E-state index contributed by atoms with van der Waals surface area (Å²) in [5, 5.41) is 0. The van der Waals surface area contributed by atoms with Gasteiger partial charge in [-0.2, -0.15) is 0 Å². The molecule has 0 bridgehead atoms. The van der Waals surface area contributed by atoms with Gasteiger partial charge >= 0.3 is 0 Å². The van der Waals surface area contributed by atoms with E-state index in [1.165, 1.54) is 0 Å². The number of methoxy groups -OCH3 is 1. The number of piperidine rings is 1. The predicted octanol–water partition coefficient (Wildman–Crippen LogP) is 0.773. The van der Waals surface area contributed by atoms with Gasteiger partial charge < -0.3 is 15.4 Å². The maximum atomic E-state index is 12.0. The van der Waals surface area contributed by atoms with Gasteiger partial charge in [-0.05, 0) is 25.2 Å². The molecule has 0 aliphatic carbocycles. The summed E-state index contributed by atoms with van der Waals surface area (Å²) in [6, 6.07) is 0. The number of nitrogens with zero attached hydrogens (tertiary/aromatic N) is 1. The Hall–Kier alpha value is -1.10. The third-order valence-electron chi connectivity index (χ3n) is 3.55. The number of likely N-dealkylation sites (tertiary alicyclic amines) is 1. The summed E-state index contributed by atoms with van der Waals surface area (Å²) in [4.78, 5) is 24.8. The van der Waals surface area contributed by atoms with Crippen LogP contribution in [0, 0.1) is 11.8 Å². The van der Waals surface area contributed by atoms with Crippen molar-refractivity contribution < 1.29 is 14.3 Å². The molecule has 1 aliphatic rings.